The Balaban J connectivity index is 1.40. The molecule has 0 N–H and O–H groups in total. The third-order valence-corrected chi connectivity index (χ3v) is 6.99. The van der Waals surface area contributed by atoms with Gasteiger partial charge in [0.05, 0.1) is 24.4 Å². The fourth-order valence-electron chi connectivity index (χ4n) is 5.02. The molecule has 2 aliphatic rings. The van der Waals surface area contributed by atoms with Crippen LogP contribution in [0, 0.1) is 11.6 Å². The molecule has 0 unspecified atom stereocenters. The van der Waals surface area contributed by atoms with Gasteiger partial charge in [0.25, 0.3) is 0 Å². The molecule has 0 saturated carbocycles. The van der Waals surface area contributed by atoms with Gasteiger partial charge in [-0.25, -0.2) is 13.8 Å². The predicted octanol–water partition coefficient (Wildman–Crippen LogP) is 5.07. The SMILES string of the molecule is O=C(CCCN1CCCC1)c1cc(-c2ccc(CN3CCOCC3)c(F)c2)nc2ccc(F)cc12. The van der Waals surface area contributed by atoms with Crippen LogP contribution in [-0.2, 0) is 11.3 Å². The smallest absolute Gasteiger partial charge is 0.163 e. The minimum absolute atomic E-state index is 0.0344. The van der Waals surface area contributed by atoms with Crippen molar-refractivity contribution in [2.24, 2.45) is 0 Å². The Hall–Kier alpha value is -2.74. The number of halogens is 2. The quantitative estimate of drug-likeness (QED) is 0.422. The van der Waals surface area contributed by atoms with E-state index in [-0.39, 0.29) is 11.6 Å². The minimum Gasteiger partial charge on any atom is -0.379 e. The van der Waals surface area contributed by atoms with Gasteiger partial charge in [0.2, 0.25) is 0 Å². The Morgan fingerprint density at radius 3 is 2.51 bits per heavy atom. The Labute approximate surface area is 204 Å². The highest BCUT2D eigenvalue weighted by Crippen LogP contribution is 2.28. The third-order valence-electron chi connectivity index (χ3n) is 6.99. The summed E-state index contributed by atoms with van der Waals surface area (Å²) in [5.41, 5.74) is 2.72. The number of benzene rings is 2. The first-order valence-corrected chi connectivity index (χ1v) is 12.5. The first-order chi connectivity index (χ1) is 17.1. The summed E-state index contributed by atoms with van der Waals surface area (Å²) in [7, 11) is 0. The number of carbonyl (C=O) groups excluding carboxylic acids is 1. The molecule has 0 radical (unpaired) electrons. The van der Waals surface area contributed by atoms with E-state index in [1.54, 1.807) is 18.2 Å². The zero-order valence-corrected chi connectivity index (χ0v) is 19.9. The maximum atomic E-state index is 15.0. The van der Waals surface area contributed by atoms with Crippen molar-refractivity contribution in [3.05, 3.63) is 65.2 Å². The van der Waals surface area contributed by atoms with Crippen molar-refractivity contribution < 1.29 is 18.3 Å². The van der Waals surface area contributed by atoms with E-state index in [4.69, 9.17) is 4.74 Å². The summed E-state index contributed by atoms with van der Waals surface area (Å²) in [5, 5.41) is 0.504. The van der Waals surface area contributed by atoms with Crippen LogP contribution in [0.25, 0.3) is 22.2 Å². The summed E-state index contributed by atoms with van der Waals surface area (Å²) in [6.45, 7) is 6.50. The van der Waals surface area contributed by atoms with Crippen LogP contribution in [0.4, 0.5) is 8.78 Å². The van der Waals surface area contributed by atoms with Crippen LogP contribution in [0.1, 0.15) is 41.6 Å². The molecular formula is C28H31F2N3O2. The Morgan fingerprint density at radius 2 is 1.74 bits per heavy atom. The van der Waals surface area contributed by atoms with Gasteiger partial charge < -0.3 is 9.64 Å². The van der Waals surface area contributed by atoms with Gasteiger partial charge in [0.1, 0.15) is 11.6 Å². The number of hydrogen-bond acceptors (Lipinski definition) is 5. The molecule has 0 atom stereocenters. The summed E-state index contributed by atoms with van der Waals surface area (Å²) in [5.74, 6) is -0.738. The van der Waals surface area contributed by atoms with Crippen LogP contribution in [0.2, 0.25) is 0 Å². The average molecular weight is 480 g/mol. The topological polar surface area (TPSA) is 45.7 Å². The zero-order valence-electron chi connectivity index (χ0n) is 19.9. The van der Waals surface area contributed by atoms with Gasteiger partial charge >= 0.3 is 0 Å². The predicted molar refractivity (Wildman–Crippen MR) is 132 cm³/mol. The summed E-state index contributed by atoms with van der Waals surface area (Å²) < 4.78 is 34.4. The largest absolute Gasteiger partial charge is 0.379 e. The normalized spacial score (nSPS) is 17.3. The van der Waals surface area contributed by atoms with Gasteiger partial charge in [-0.2, -0.15) is 0 Å². The van der Waals surface area contributed by atoms with Crippen LogP contribution in [0.15, 0.2) is 42.5 Å². The van der Waals surface area contributed by atoms with Crippen molar-refractivity contribution in [1.82, 2.24) is 14.8 Å². The lowest BCUT2D eigenvalue weighted by Crippen LogP contribution is -2.35. The lowest BCUT2D eigenvalue weighted by molar-refractivity contribution is 0.0337. The maximum Gasteiger partial charge on any atom is 0.163 e. The highest BCUT2D eigenvalue weighted by atomic mass is 19.1. The monoisotopic (exact) mass is 479 g/mol. The van der Waals surface area contributed by atoms with E-state index in [2.05, 4.69) is 14.8 Å². The molecule has 2 fully saturated rings. The van der Waals surface area contributed by atoms with Gasteiger partial charge in [-0.05, 0) is 69.2 Å². The molecule has 2 saturated heterocycles. The fraction of sp³-hybridized carbons (Fsp3) is 0.429. The molecule has 5 rings (SSSR count). The third kappa shape index (κ3) is 5.74. The Kier molecular flexibility index (Phi) is 7.46. The van der Waals surface area contributed by atoms with Crippen LogP contribution in [-0.4, -0.2) is 66.5 Å². The number of rotatable bonds is 8. The van der Waals surface area contributed by atoms with Crippen LogP contribution in [0.5, 0.6) is 0 Å². The molecule has 3 heterocycles. The van der Waals surface area contributed by atoms with E-state index in [1.165, 1.54) is 31.0 Å². The van der Waals surface area contributed by atoms with Gasteiger partial charge in [-0.15, -0.1) is 0 Å². The van der Waals surface area contributed by atoms with E-state index in [9.17, 15) is 9.18 Å². The first kappa shape index (κ1) is 24.0. The van der Waals surface area contributed by atoms with Crippen LogP contribution >= 0.6 is 0 Å². The Bertz CT molecular complexity index is 1200. The molecule has 2 aromatic carbocycles. The van der Waals surface area contributed by atoms with Crippen molar-refractivity contribution in [3.63, 3.8) is 0 Å². The van der Waals surface area contributed by atoms with Crippen molar-refractivity contribution in [3.8, 4) is 11.3 Å². The van der Waals surface area contributed by atoms with Crippen molar-refractivity contribution in [1.29, 1.82) is 0 Å². The maximum absolute atomic E-state index is 15.0. The van der Waals surface area contributed by atoms with E-state index in [0.29, 0.717) is 59.5 Å². The van der Waals surface area contributed by atoms with Crippen molar-refractivity contribution in [2.45, 2.75) is 32.2 Å². The number of nitrogens with zero attached hydrogens (tertiary/aromatic N) is 3. The number of ether oxygens (including phenoxy) is 1. The lowest BCUT2D eigenvalue weighted by atomic mass is 9.98. The number of ketones is 1. The van der Waals surface area contributed by atoms with Gasteiger partial charge in [0.15, 0.2) is 5.78 Å². The highest BCUT2D eigenvalue weighted by Gasteiger charge is 2.18. The molecule has 7 heteroatoms. The lowest BCUT2D eigenvalue weighted by Gasteiger charge is -2.26. The highest BCUT2D eigenvalue weighted by molar-refractivity contribution is 6.08. The zero-order chi connectivity index (χ0) is 24.2. The average Bonchev–Trinajstić information content (AvgIpc) is 3.39. The second-order valence-corrected chi connectivity index (χ2v) is 9.49. The molecule has 35 heavy (non-hydrogen) atoms. The van der Waals surface area contributed by atoms with Crippen LogP contribution in [0.3, 0.4) is 0 Å². The Morgan fingerprint density at radius 1 is 0.943 bits per heavy atom. The number of morpholine rings is 1. The molecule has 3 aromatic rings. The number of fused-ring (bicyclic) bond motifs is 1. The molecule has 2 aliphatic heterocycles. The molecule has 184 valence electrons. The fourth-order valence-corrected chi connectivity index (χ4v) is 5.02. The van der Waals surface area contributed by atoms with Crippen LogP contribution < -0.4 is 0 Å². The molecule has 0 spiro atoms. The molecular weight excluding hydrogens is 448 g/mol. The second-order valence-electron chi connectivity index (χ2n) is 9.49. The minimum atomic E-state index is -0.406. The van der Waals surface area contributed by atoms with Crippen molar-refractivity contribution in [2.75, 3.05) is 45.9 Å². The number of carbonyl (C=O) groups is 1. The number of likely N-dealkylation sites (tertiary alicyclic amines) is 1. The van der Waals surface area contributed by atoms with Gasteiger partial charge in [0, 0.05) is 48.1 Å². The van der Waals surface area contributed by atoms with E-state index >= 15 is 4.39 Å². The molecule has 0 amide bonds. The molecule has 1 aromatic heterocycles. The summed E-state index contributed by atoms with van der Waals surface area (Å²) >= 11 is 0. The summed E-state index contributed by atoms with van der Waals surface area (Å²) in [6, 6.07) is 11.1. The summed E-state index contributed by atoms with van der Waals surface area (Å²) in [4.78, 5) is 22.4. The van der Waals surface area contributed by atoms with Gasteiger partial charge in [-0.3, -0.25) is 9.69 Å². The van der Waals surface area contributed by atoms with E-state index < -0.39 is 5.82 Å². The standard InChI is InChI=1S/C28H31F2N3O2/c29-22-7-8-26-23(17-22)24(28(34)4-3-11-32-9-1-2-10-32)18-27(31-26)20-5-6-21(25(30)16-20)19-33-12-14-35-15-13-33/h5-8,16-18H,1-4,9-15,19H2. The van der Waals surface area contributed by atoms with Crippen molar-refractivity contribution >= 4 is 16.7 Å². The molecule has 0 bridgehead atoms. The number of hydrogen-bond donors (Lipinski definition) is 0. The first-order valence-electron chi connectivity index (χ1n) is 12.5. The van der Waals surface area contributed by atoms with E-state index in [1.807, 2.05) is 6.07 Å². The van der Waals surface area contributed by atoms with E-state index in [0.717, 1.165) is 39.1 Å². The van der Waals surface area contributed by atoms with Gasteiger partial charge in [-0.1, -0.05) is 12.1 Å². The number of aromatic nitrogens is 1. The second kappa shape index (κ2) is 10.9. The summed E-state index contributed by atoms with van der Waals surface area (Å²) in [6.07, 6.45) is 3.58. The molecule has 0 aliphatic carbocycles. The number of pyridine rings is 1. The molecule has 5 nitrogen and oxygen atoms in total. The number of Topliss-reactive ketones (excluding diaryl/α,β-unsaturated/α-hetero) is 1.